The third-order valence-electron chi connectivity index (χ3n) is 3.33. The zero-order valence-corrected chi connectivity index (χ0v) is 12.8. The van der Waals surface area contributed by atoms with Crippen LogP contribution in [0.1, 0.15) is 23.3 Å². The number of rotatable bonds is 0. The standard InChI is InChI=1S/C16H18N6O/c1-22-15-7-3-5-12(21-15)10-17-8-9-18-16(23)14-6-2-4-13(20-14)11-19-22/h2-7,10-11,16,18,23H,8-9H2,1H3/b17-10?,19-11+/t16-/m0/s1. The first kappa shape index (κ1) is 15.3. The lowest BCUT2D eigenvalue weighted by atomic mass is 10.3. The SMILES string of the molecule is CN1/N=C/c2cccc(n2)[C@H](O)NCCN=Cc2cccc1n2. The van der Waals surface area contributed by atoms with E-state index in [9.17, 15) is 5.11 Å². The lowest BCUT2D eigenvalue weighted by Gasteiger charge is -2.12. The molecule has 1 aliphatic rings. The lowest BCUT2D eigenvalue weighted by Crippen LogP contribution is -2.24. The van der Waals surface area contributed by atoms with Crippen molar-refractivity contribution in [3.63, 3.8) is 0 Å². The molecule has 1 atom stereocenters. The number of nitrogens with one attached hydrogen (secondary N) is 1. The van der Waals surface area contributed by atoms with E-state index >= 15 is 0 Å². The van der Waals surface area contributed by atoms with Crippen LogP contribution in [0.5, 0.6) is 0 Å². The molecule has 3 rings (SSSR count). The van der Waals surface area contributed by atoms with Crippen molar-refractivity contribution < 1.29 is 5.11 Å². The van der Waals surface area contributed by atoms with Crippen molar-refractivity contribution in [3.05, 3.63) is 53.5 Å². The summed E-state index contributed by atoms with van der Waals surface area (Å²) in [6.07, 6.45) is 2.52. The van der Waals surface area contributed by atoms with Crippen molar-refractivity contribution in [2.24, 2.45) is 10.1 Å². The van der Waals surface area contributed by atoms with Gasteiger partial charge in [-0.3, -0.25) is 15.3 Å². The Morgan fingerprint density at radius 3 is 2.74 bits per heavy atom. The fourth-order valence-corrected chi connectivity index (χ4v) is 2.12. The van der Waals surface area contributed by atoms with Crippen molar-refractivity contribution >= 4 is 18.2 Å². The number of pyridine rings is 2. The number of hydrazone groups is 1. The average Bonchev–Trinajstić information content (AvgIpc) is 2.59. The Bertz CT molecular complexity index is 730. The van der Waals surface area contributed by atoms with Gasteiger partial charge in [0.25, 0.3) is 0 Å². The van der Waals surface area contributed by atoms with Crippen molar-refractivity contribution in [2.75, 3.05) is 25.1 Å². The van der Waals surface area contributed by atoms with Gasteiger partial charge in [0.2, 0.25) is 0 Å². The number of aliphatic hydroxyl groups excluding tert-OH is 1. The summed E-state index contributed by atoms with van der Waals surface area (Å²) in [6, 6.07) is 11.1. The van der Waals surface area contributed by atoms with Crippen LogP contribution >= 0.6 is 0 Å². The molecule has 7 nitrogen and oxygen atoms in total. The van der Waals surface area contributed by atoms with Gasteiger partial charge in [0.1, 0.15) is 12.0 Å². The molecule has 0 radical (unpaired) electrons. The summed E-state index contributed by atoms with van der Waals surface area (Å²) in [5, 5.41) is 19.1. The van der Waals surface area contributed by atoms with E-state index < -0.39 is 6.23 Å². The largest absolute Gasteiger partial charge is 0.373 e. The molecule has 23 heavy (non-hydrogen) atoms. The number of hydrogen-bond donors (Lipinski definition) is 2. The van der Waals surface area contributed by atoms with E-state index in [0.29, 0.717) is 24.5 Å². The second-order valence-electron chi connectivity index (χ2n) is 5.07. The second kappa shape index (κ2) is 7.08. The number of anilines is 1. The highest BCUT2D eigenvalue weighted by Crippen LogP contribution is 2.10. The topological polar surface area (TPSA) is 86.0 Å². The van der Waals surface area contributed by atoms with Crippen LogP contribution in [0.3, 0.4) is 0 Å². The fraction of sp³-hybridized carbons (Fsp3) is 0.250. The summed E-state index contributed by atoms with van der Waals surface area (Å²) in [7, 11) is 1.82. The monoisotopic (exact) mass is 310 g/mol. The highest BCUT2D eigenvalue weighted by Gasteiger charge is 2.08. The van der Waals surface area contributed by atoms with Crippen molar-refractivity contribution in [1.82, 2.24) is 15.3 Å². The van der Waals surface area contributed by atoms with Gasteiger partial charge in [-0.15, -0.1) is 0 Å². The van der Waals surface area contributed by atoms with Gasteiger partial charge >= 0.3 is 0 Å². The van der Waals surface area contributed by atoms with Gasteiger partial charge in [-0.05, 0) is 24.3 Å². The second-order valence-corrected chi connectivity index (χ2v) is 5.07. The van der Waals surface area contributed by atoms with Crippen LogP contribution in [-0.4, -0.2) is 47.6 Å². The van der Waals surface area contributed by atoms with Crippen molar-refractivity contribution in [3.8, 4) is 0 Å². The number of nitrogens with zero attached hydrogens (tertiary/aromatic N) is 5. The van der Waals surface area contributed by atoms with Crippen LogP contribution in [0.15, 0.2) is 46.5 Å². The molecule has 0 aliphatic carbocycles. The minimum atomic E-state index is -0.833. The summed E-state index contributed by atoms with van der Waals surface area (Å²) < 4.78 is 0. The summed E-state index contributed by atoms with van der Waals surface area (Å²) in [5.74, 6) is 0.717. The Morgan fingerprint density at radius 2 is 1.87 bits per heavy atom. The highest BCUT2D eigenvalue weighted by atomic mass is 16.3. The first-order valence-electron chi connectivity index (χ1n) is 7.35. The third-order valence-corrected chi connectivity index (χ3v) is 3.33. The summed E-state index contributed by atoms with van der Waals surface area (Å²) >= 11 is 0. The fourth-order valence-electron chi connectivity index (χ4n) is 2.12. The Balaban J connectivity index is 1.94. The number of aromatic nitrogens is 2. The van der Waals surface area contributed by atoms with Crippen LogP contribution < -0.4 is 10.3 Å². The quantitative estimate of drug-likeness (QED) is 0.757. The molecule has 0 saturated heterocycles. The molecule has 0 amide bonds. The molecule has 0 unspecified atom stereocenters. The summed E-state index contributed by atoms with van der Waals surface area (Å²) in [4.78, 5) is 13.2. The Kier molecular flexibility index (Phi) is 4.70. The Hall–Kier alpha value is -2.64. The molecule has 1 aliphatic heterocycles. The zero-order valence-electron chi connectivity index (χ0n) is 12.8. The molecule has 118 valence electrons. The molecule has 0 spiro atoms. The van der Waals surface area contributed by atoms with Gasteiger partial charge in [0.05, 0.1) is 29.8 Å². The van der Waals surface area contributed by atoms with Gasteiger partial charge in [0.15, 0.2) is 0 Å². The number of aliphatic imine (C=N–C) groups is 1. The molecule has 0 aromatic carbocycles. The molecule has 3 heterocycles. The van der Waals surface area contributed by atoms with Crippen molar-refractivity contribution in [1.29, 1.82) is 0 Å². The smallest absolute Gasteiger partial charge is 0.149 e. The average molecular weight is 310 g/mol. The van der Waals surface area contributed by atoms with Gasteiger partial charge in [0, 0.05) is 19.8 Å². The van der Waals surface area contributed by atoms with Gasteiger partial charge in [-0.2, -0.15) is 5.10 Å². The van der Waals surface area contributed by atoms with E-state index in [0.717, 1.165) is 11.5 Å². The molecule has 0 fully saturated rings. The van der Waals surface area contributed by atoms with Crippen LogP contribution in [0, 0.1) is 0 Å². The summed E-state index contributed by atoms with van der Waals surface area (Å²) in [5.41, 5.74) is 1.98. The maximum Gasteiger partial charge on any atom is 0.149 e. The van der Waals surface area contributed by atoms with Gasteiger partial charge in [-0.1, -0.05) is 12.1 Å². The van der Waals surface area contributed by atoms with Gasteiger partial charge in [-0.25, -0.2) is 9.97 Å². The minimum absolute atomic E-state index is 0.537. The maximum absolute atomic E-state index is 10.1. The Labute approximate surface area is 134 Å². The van der Waals surface area contributed by atoms with Gasteiger partial charge < -0.3 is 5.11 Å². The molecule has 2 N–H and O–H groups in total. The number of fused-ring (bicyclic) bond motifs is 4. The van der Waals surface area contributed by atoms with Crippen LogP contribution in [0.25, 0.3) is 0 Å². The molecule has 0 saturated carbocycles. The van der Waals surface area contributed by atoms with E-state index in [1.54, 1.807) is 23.5 Å². The van der Waals surface area contributed by atoms with E-state index in [1.165, 1.54) is 0 Å². The predicted octanol–water partition coefficient (Wildman–Crippen LogP) is 0.960. The normalized spacial score (nSPS) is 19.7. The molecular weight excluding hydrogens is 292 g/mol. The Morgan fingerprint density at radius 1 is 1.09 bits per heavy atom. The number of aliphatic hydroxyl groups is 1. The van der Waals surface area contributed by atoms with Crippen LogP contribution in [0.2, 0.25) is 0 Å². The molecule has 2 aromatic rings. The van der Waals surface area contributed by atoms with E-state index in [4.69, 9.17) is 0 Å². The zero-order chi connectivity index (χ0) is 16.1. The predicted molar refractivity (Wildman–Crippen MR) is 89.9 cm³/mol. The van der Waals surface area contributed by atoms with E-state index in [1.807, 2.05) is 37.4 Å². The van der Waals surface area contributed by atoms with E-state index in [-0.39, 0.29) is 0 Å². The van der Waals surface area contributed by atoms with Crippen LogP contribution in [-0.2, 0) is 0 Å². The maximum atomic E-state index is 10.1. The molecular formula is C16H18N6O. The first-order valence-corrected chi connectivity index (χ1v) is 7.35. The third kappa shape index (κ3) is 3.97. The lowest BCUT2D eigenvalue weighted by molar-refractivity contribution is 0.136. The van der Waals surface area contributed by atoms with E-state index in [2.05, 4.69) is 25.4 Å². The van der Waals surface area contributed by atoms with Crippen molar-refractivity contribution in [2.45, 2.75) is 6.23 Å². The molecule has 4 bridgehead atoms. The number of hydrogen-bond acceptors (Lipinski definition) is 7. The molecule has 7 heteroatoms. The van der Waals surface area contributed by atoms with Crippen LogP contribution in [0.4, 0.5) is 5.82 Å². The first-order chi connectivity index (χ1) is 11.2. The highest BCUT2D eigenvalue weighted by molar-refractivity contribution is 5.79. The minimum Gasteiger partial charge on any atom is -0.373 e. The molecule has 2 aromatic heterocycles. The summed E-state index contributed by atoms with van der Waals surface area (Å²) in [6.45, 7) is 1.08.